The van der Waals surface area contributed by atoms with E-state index in [4.69, 9.17) is 15.9 Å². The van der Waals surface area contributed by atoms with Gasteiger partial charge in [-0.25, -0.2) is 9.59 Å². The number of fused-ring (bicyclic) bond motifs is 4. The molecule has 7 aromatic rings. The number of halogens is 4. The highest BCUT2D eigenvalue weighted by atomic mass is 79.9. The zero-order chi connectivity index (χ0) is 74.1. The minimum atomic E-state index is -1.38. The van der Waals surface area contributed by atoms with Crippen LogP contribution in [0.2, 0.25) is 39.3 Å². The van der Waals surface area contributed by atoms with Crippen molar-refractivity contribution in [1.29, 1.82) is 0 Å². The Balaban J connectivity index is 0.000000318. The van der Waals surface area contributed by atoms with Gasteiger partial charge in [-0.1, -0.05) is 45.2 Å². The summed E-state index contributed by atoms with van der Waals surface area (Å²) in [7, 11) is -2.48. The second-order valence-corrected chi connectivity index (χ2v) is 40.0. The number of piperidine rings is 3. The number of nitrogens with one attached hydrogen (secondary N) is 2. The number of terminal acetylenes is 1. The lowest BCUT2D eigenvalue weighted by Gasteiger charge is -2.40. The van der Waals surface area contributed by atoms with Crippen molar-refractivity contribution in [3.8, 4) is 23.4 Å². The molecule has 6 aliphatic heterocycles. The summed E-state index contributed by atoms with van der Waals surface area (Å²) in [4.78, 5) is 92.3. The number of aromatic nitrogens is 7. The number of aldehydes is 2. The van der Waals surface area contributed by atoms with Crippen molar-refractivity contribution in [2.45, 2.75) is 182 Å². The highest BCUT2D eigenvalue weighted by molar-refractivity contribution is 9.10. The van der Waals surface area contributed by atoms with Crippen LogP contribution in [0.25, 0.3) is 10.8 Å². The first-order valence-corrected chi connectivity index (χ1v) is 43.1. The Morgan fingerprint density at radius 3 is 1.35 bits per heavy atom. The summed E-state index contributed by atoms with van der Waals surface area (Å²) in [6.45, 7) is 35.7. The van der Waals surface area contributed by atoms with E-state index in [0.717, 1.165) is 111 Å². The predicted molar refractivity (Wildman–Crippen MR) is 436 cm³/mol. The van der Waals surface area contributed by atoms with E-state index >= 15 is 0 Å². The molecule has 2 N–H and O–H groups in total. The lowest BCUT2D eigenvalue weighted by atomic mass is 9.97. The standard InChI is InChI=1S/C18H27N3O2.C13H19N3.C11H13NOSi.C10H17NO3.C8H10N2.C8H6N2.C6H4BrNO.C5H10Si.3ClH/c1-18(2,3)23-17(22)20-10-6-16(7-11-20)21-9-5-14-12-19-8-4-15(14)13-21;1-5-15-9-11-4-8-16(10-12(1)11)13-2-6-14-7-3-13;1-14(2,3)7-5-10-8-12-6-4-11(10)9-13;1-10(2,3)14-9(13)11-6-4-8(12)5-7-11;2*1-3-9-6-8-2-4-10-5-7(1)8;7-6-3-8-2-1-5(6)4-9;1-5-6(2,3)4;;;/h4,8,12,16H,5-7,9-11,13H2,1-3H3;1,5,9,13-14H,2-4,6-8,10H2;4,6,8-9H,1-3H3;4-7H2,1-3H3;1,3,6,10H,2,4-5H2;1-6H;1-4H;1H,2-4H3;3*1H. The number of ether oxygens (including phenoxy) is 2. The number of amides is 2. The Bertz CT molecular complexity index is 3820. The minimum absolute atomic E-state index is 0. The molecule has 3 fully saturated rings. The van der Waals surface area contributed by atoms with Crippen LogP contribution >= 0.6 is 53.2 Å². The van der Waals surface area contributed by atoms with Crippen LogP contribution in [0.5, 0.6) is 0 Å². The van der Waals surface area contributed by atoms with E-state index in [1.807, 2.05) is 108 Å². The molecule has 0 spiro atoms. The molecule has 3 saturated heterocycles. The van der Waals surface area contributed by atoms with Crippen LogP contribution in [-0.2, 0) is 53.2 Å². The Kier molecular flexibility index (Phi) is 40.8. The number of carbonyl (C=O) groups is 5. The molecule has 13 rings (SSSR count). The highest BCUT2D eigenvalue weighted by Crippen LogP contribution is 2.27. The van der Waals surface area contributed by atoms with E-state index in [9.17, 15) is 24.0 Å². The maximum Gasteiger partial charge on any atom is 0.410 e. The largest absolute Gasteiger partial charge is 0.444 e. The normalized spacial score (nSPS) is 15.6. The molecule has 0 aromatic carbocycles. The maximum atomic E-state index is 12.1. The summed E-state index contributed by atoms with van der Waals surface area (Å²) in [6.07, 6.45) is 40.4. The van der Waals surface area contributed by atoms with Crippen LogP contribution in [0.1, 0.15) is 140 Å². The van der Waals surface area contributed by atoms with Gasteiger partial charge in [-0.3, -0.25) is 59.1 Å². The monoisotopic (exact) mass is 1590 g/mol. The molecule has 2 amide bonds. The van der Waals surface area contributed by atoms with Gasteiger partial charge in [0.2, 0.25) is 0 Å². The van der Waals surface area contributed by atoms with Gasteiger partial charge < -0.3 is 29.9 Å². The summed E-state index contributed by atoms with van der Waals surface area (Å²) < 4.78 is 11.4. The number of pyridine rings is 7. The molecule has 6 aliphatic rings. The number of hydrogen-bond acceptors (Lipinski definition) is 18. The summed E-state index contributed by atoms with van der Waals surface area (Å²) >= 11 is 3.16. The summed E-state index contributed by atoms with van der Waals surface area (Å²) in [6, 6.07) is 15.0. The SMILES string of the molecule is C#C[Si](C)(C)C.CC(C)(C)OC(=O)N1CCC(=O)CC1.CC(C)(C)OC(=O)N1CCC(N2CCc3cnccc3C2)CC1.C[Si](C)(C)C#Cc1cnccc1C=O.Cl.Cl.Cl.O=Cc1ccncc1Br.c1cc2c(cn1)CCN(C1CCNCC1)C2.c1cc2c(cn1)CCNC2.c1cc2cnccc2cn1. The van der Waals surface area contributed by atoms with Crippen molar-refractivity contribution in [2.24, 2.45) is 0 Å². The number of Topliss-reactive ketones (excluding diaryl/α,β-unsaturated/α-hetero) is 1. The van der Waals surface area contributed by atoms with Gasteiger partial charge in [0, 0.05) is 197 Å². The summed E-state index contributed by atoms with van der Waals surface area (Å²) in [5.74, 6) is 3.25. The molecule has 0 atom stereocenters. The molecule has 26 heteroatoms. The molecule has 0 unspecified atom stereocenters. The van der Waals surface area contributed by atoms with Crippen molar-refractivity contribution in [3.05, 3.63) is 184 Å². The zero-order valence-electron chi connectivity index (χ0n) is 63.2. The third-order valence-electron chi connectivity index (χ3n) is 16.8. The van der Waals surface area contributed by atoms with Gasteiger partial charge in [0.15, 0.2) is 12.6 Å². The summed E-state index contributed by atoms with van der Waals surface area (Å²) in [5, 5.41) is 9.02. The van der Waals surface area contributed by atoms with Crippen molar-refractivity contribution >= 4 is 111 Å². The molecule has 0 bridgehead atoms. The summed E-state index contributed by atoms with van der Waals surface area (Å²) in [5.41, 5.74) is 15.6. The molecule has 13 heterocycles. The van der Waals surface area contributed by atoms with Gasteiger partial charge in [-0.2, -0.15) is 0 Å². The third kappa shape index (κ3) is 34.8. The second kappa shape index (κ2) is 46.6. The molecular formula is C79H109BrCl3N13O7Si2. The number of ketones is 1. The van der Waals surface area contributed by atoms with E-state index < -0.39 is 27.3 Å². The van der Waals surface area contributed by atoms with E-state index in [2.05, 4.69) is 146 Å². The van der Waals surface area contributed by atoms with Gasteiger partial charge in [-0.15, -0.1) is 54.7 Å². The van der Waals surface area contributed by atoms with Gasteiger partial charge in [-0.05, 0) is 198 Å². The molecular weight excluding hydrogens is 1490 g/mol. The van der Waals surface area contributed by atoms with Crippen LogP contribution in [-0.4, -0.2) is 183 Å². The smallest absolute Gasteiger partial charge is 0.410 e. The number of rotatable bonds is 4. The first kappa shape index (κ1) is 91.8. The molecule has 0 saturated carbocycles. The number of hydrogen-bond donors (Lipinski definition) is 2. The molecule has 568 valence electrons. The Morgan fingerprint density at radius 2 is 0.914 bits per heavy atom. The molecule has 0 radical (unpaired) electrons. The quantitative estimate of drug-likeness (QED) is 0.0947. The number of carbonyl (C=O) groups excluding carboxylic acids is 5. The highest BCUT2D eigenvalue weighted by Gasteiger charge is 2.32. The Labute approximate surface area is 652 Å². The zero-order valence-corrected chi connectivity index (χ0v) is 69.3. The number of likely N-dealkylation sites (tertiary alicyclic amines) is 2. The van der Waals surface area contributed by atoms with Crippen LogP contribution < -0.4 is 10.6 Å². The maximum absolute atomic E-state index is 12.1. The van der Waals surface area contributed by atoms with Gasteiger partial charge in [0.1, 0.15) is 33.1 Å². The first-order chi connectivity index (χ1) is 48.6. The fraction of sp³-hybridized carbons (Fsp3) is 0.468. The van der Waals surface area contributed by atoms with Crippen molar-refractivity contribution in [3.63, 3.8) is 0 Å². The Morgan fingerprint density at radius 1 is 0.505 bits per heavy atom. The third-order valence-corrected chi connectivity index (χ3v) is 19.2. The van der Waals surface area contributed by atoms with Crippen molar-refractivity contribution < 1.29 is 33.4 Å². The van der Waals surface area contributed by atoms with Gasteiger partial charge >= 0.3 is 12.2 Å². The lowest BCUT2D eigenvalue weighted by molar-refractivity contribution is -0.121. The van der Waals surface area contributed by atoms with Crippen LogP contribution in [0.3, 0.4) is 0 Å². The van der Waals surface area contributed by atoms with E-state index in [-0.39, 0.29) is 55.2 Å². The molecule has 0 aliphatic carbocycles. The van der Waals surface area contributed by atoms with Crippen molar-refractivity contribution in [1.82, 2.24) is 65.1 Å². The molecule has 20 nitrogen and oxygen atoms in total. The minimum Gasteiger partial charge on any atom is -0.444 e. The van der Waals surface area contributed by atoms with Crippen molar-refractivity contribution in [2.75, 3.05) is 58.9 Å². The predicted octanol–water partition coefficient (Wildman–Crippen LogP) is 14.5. The average molecular weight is 1600 g/mol. The Hall–Kier alpha value is -7.40. The van der Waals surface area contributed by atoms with Gasteiger partial charge in [0.05, 0.1) is 5.56 Å². The fourth-order valence-corrected chi connectivity index (χ4v) is 12.0. The first-order valence-electron chi connectivity index (χ1n) is 35.3. The van der Waals surface area contributed by atoms with Crippen LogP contribution in [0.15, 0.2) is 134 Å². The van der Waals surface area contributed by atoms with E-state index in [0.29, 0.717) is 43.1 Å². The topological polar surface area (TPSA) is 231 Å². The fourth-order valence-electron chi connectivity index (χ4n) is 11.2. The second-order valence-electron chi connectivity index (χ2n) is 29.6. The molecule has 7 aromatic heterocycles. The van der Waals surface area contributed by atoms with Crippen LogP contribution in [0.4, 0.5) is 9.59 Å². The number of nitrogens with zero attached hydrogens (tertiary/aromatic N) is 11. The van der Waals surface area contributed by atoms with Gasteiger partial charge in [0.25, 0.3) is 0 Å². The lowest BCUT2D eigenvalue weighted by Crippen LogP contribution is -2.49. The van der Waals surface area contributed by atoms with Crippen LogP contribution in [0, 0.1) is 23.4 Å². The molecule has 105 heavy (non-hydrogen) atoms. The average Bonchev–Trinajstić information content (AvgIpc) is 0.822. The van der Waals surface area contributed by atoms with E-state index in [1.165, 1.54) is 72.3 Å². The van der Waals surface area contributed by atoms with E-state index in [1.54, 1.807) is 54.2 Å².